The first-order valence-corrected chi connectivity index (χ1v) is 6.69. The van der Waals surface area contributed by atoms with Crippen molar-refractivity contribution in [3.8, 4) is 0 Å². The monoisotopic (exact) mass is 261 g/mol. The van der Waals surface area contributed by atoms with Gasteiger partial charge in [0.25, 0.3) is 5.91 Å². The van der Waals surface area contributed by atoms with Gasteiger partial charge in [0, 0.05) is 12.1 Å². The third-order valence-corrected chi connectivity index (χ3v) is 3.61. The van der Waals surface area contributed by atoms with Crippen LogP contribution in [-0.4, -0.2) is 23.5 Å². The number of carboxylic acid groups (broad SMARTS) is 1. The third-order valence-electron chi connectivity index (χ3n) is 3.61. The molecule has 0 spiro atoms. The van der Waals surface area contributed by atoms with Crippen LogP contribution in [-0.2, 0) is 0 Å². The summed E-state index contributed by atoms with van der Waals surface area (Å²) in [5.74, 6) is -0.612. The minimum atomic E-state index is -1.01. The van der Waals surface area contributed by atoms with Crippen molar-refractivity contribution in [1.29, 1.82) is 0 Å². The standard InChI is InChI=1S/C15H19NO3/c1-10-6-12(8-13(7-10)15(18)19)14(17)16-9-11-4-2-3-5-11/h6-8,11H,2-5,9H2,1H3,(H,16,17)(H,18,19). The molecule has 1 aromatic rings. The molecular formula is C15H19NO3. The van der Waals surface area contributed by atoms with Gasteiger partial charge in [0.1, 0.15) is 0 Å². The average molecular weight is 261 g/mol. The number of aryl methyl sites for hydroxylation is 1. The lowest BCUT2D eigenvalue weighted by atomic mass is 10.1. The summed E-state index contributed by atoms with van der Waals surface area (Å²) >= 11 is 0. The molecular weight excluding hydrogens is 242 g/mol. The number of carboxylic acids is 1. The Kier molecular flexibility index (Phi) is 4.20. The number of rotatable bonds is 4. The van der Waals surface area contributed by atoms with Gasteiger partial charge in [0.15, 0.2) is 0 Å². The maximum Gasteiger partial charge on any atom is 0.335 e. The SMILES string of the molecule is Cc1cc(C(=O)O)cc(C(=O)NCC2CCCC2)c1. The van der Waals surface area contributed by atoms with Crippen molar-refractivity contribution in [2.75, 3.05) is 6.54 Å². The van der Waals surface area contributed by atoms with E-state index in [0.717, 1.165) is 5.56 Å². The lowest BCUT2D eigenvalue weighted by Gasteiger charge is -2.11. The summed E-state index contributed by atoms with van der Waals surface area (Å²) in [4.78, 5) is 23.0. The van der Waals surface area contributed by atoms with Crippen molar-refractivity contribution in [2.45, 2.75) is 32.6 Å². The van der Waals surface area contributed by atoms with Gasteiger partial charge in [0.05, 0.1) is 5.56 Å². The van der Waals surface area contributed by atoms with Crippen molar-refractivity contribution in [3.63, 3.8) is 0 Å². The van der Waals surface area contributed by atoms with E-state index in [1.165, 1.54) is 31.7 Å². The fourth-order valence-electron chi connectivity index (χ4n) is 2.59. The van der Waals surface area contributed by atoms with Gasteiger partial charge in [0.2, 0.25) is 0 Å². The second-order valence-electron chi connectivity index (χ2n) is 5.25. The number of aromatic carboxylic acids is 1. The van der Waals surface area contributed by atoms with Gasteiger partial charge >= 0.3 is 5.97 Å². The highest BCUT2D eigenvalue weighted by atomic mass is 16.4. The van der Waals surface area contributed by atoms with E-state index in [-0.39, 0.29) is 11.5 Å². The van der Waals surface area contributed by atoms with Gasteiger partial charge in [-0.05, 0) is 49.4 Å². The number of hydrogen-bond donors (Lipinski definition) is 2. The summed E-state index contributed by atoms with van der Waals surface area (Å²) in [6.45, 7) is 2.48. The van der Waals surface area contributed by atoms with Gasteiger partial charge in [-0.25, -0.2) is 4.79 Å². The van der Waals surface area contributed by atoms with Crippen molar-refractivity contribution in [2.24, 2.45) is 5.92 Å². The molecule has 1 aromatic carbocycles. The molecule has 102 valence electrons. The predicted molar refractivity (Wildman–Crippen MR) is 72.4 cm³/mol. The quantitative estimate of drug-likeness (QED) is 0.875. The first-order chi connectivity index (χ1) is 9.06. The summed E-state index contributed by atoms with van der Waals surface area (Å²) in [5, 5.41) is 11.9. The number of carbonyl (C=O) groups excluding carboxylic acids is 1. The van der Waals surface area contributed by atoms with E-state index in [1.807, 2.05) is 0 Å². The molecule has 1 fully saturated rings. The highest BCUT2D eigenvalue weighted by Crippen LogP contribution is 2.23. The maximum atomic E-state index is 12.0. The second-order valence-corrected chi connectivity index (χ2v) is 5.25. The molecule has 2 N–H and O–H groups in total. The first kappa shape index (κ1) is 13.6. The average Bonchev–Trinajstić information content (AvgIpc) is 2.88. The minimum Gasteiger partial charge on any atom is -0.478 e. The van der Waals surface area contributed by atoms with Crippen LogP contribution in [0, 0.1) is 12.8 Å². The summed E-state index contributed by atoms with van der Waals surface area (Å²) in [6.07, 6.45) is 4.84. The topological polar surface area (TPSA) is 66.4 Å². The Bertz CT molecular complexity index is 490. The highest BCUT2D eigenvalue weighted by Gasteiger charge is 2.17. The molecule has 4 nitrogen and oxygen atoms in total. The lowest BCUT2D eigenvalue weighted by molar-refractivity contribution is 0.0696. The van der Waals surface area contributed by atoms with Gasteiger partial charge in [-0.1, -0.05) is 12.8 Å². The Hall–Kier alpha value is -1.84. The van der Waals surface area contributed by atoms with Crippen LogP contribution >= 0.6 is 0 Å². The zero-order valence-electron chi connectivity index (χ0n) is 11.1. The summed E-state index contributed by atoms with van der Waals surface area (Å²) in [5.41, 5.74) is 1.37. The van der Waals surface area contributed by atoms with E-state index in [9.17, 15) is 9.59 Å². The van der Waals surface area contributed by atoms with Gasteiger partial charge in [-0.15, -0.1) is 0 Å². The molecule has 0 unspecified atom stereocenters. The Labute approximate surface area is 112 Å². The second kappa shape index (κ2) is 5.87. The van der Waals surface area contributed by atoms with Crippen LogP contribution in [0.15, 0.2) is 18.2 Å². The molecule has 1 aliphatic rings. The van der Waals surface area contributed by atoms with Crippen molar-refractivity contribution in [1.82, 2.24) is 5.32 Å². The van der Waals surface area contributed by atoms with E-state index in [1.54, 1.807) is 19.1 Å². The van der Waals surface area contributed by atoms with E-state index < -0.39 is 5.97 Å². The smallest absolute Gasteiger partial charge is 0.335 e. The largest absolute Gasteiger partial charge is 0.478 e. The Morgan fingerprint density at radius 3 is 2.47 bits per heavy atom. The van der Waals surface area contributed by atoms with E-state index in [4.69, 9.17) is 5.11 Å². The Balaban J connectivity index is 2.03. The van der Waals surface area contributed by atoms with Gasteiger partial charge in [-0.3, -0.25) is 4.79 Å². The van der Waals surface area contributed by atoms with E-state index in [2.05, 4.69) is 5.32 Å². The van der Waals surface area contributed by atoms with Crippen LogP contribution in [0.2, 0.25) is 0 Å². The number of carbonyl (C=O) groups is 2. The first-order valence-electron chi connectivity index (χ1n) is 6.69. The number of hydrogen-bond acceptors (Lipinski definition) is 2. The van der Waals surface area contributed by atoms with Crippen molar-refractivity contribution >= 4 is 11.9 Å². The normalized spacial score (nSPS) is 15.4. The van der Waals surface area contributed by atoms with Crippen LogP contribution in [0.3, 0.4) is 0 Å². The fourth-order valence-corrected chi connectivity index (χ4v) is 2.59. The Morgan fingerprint density at radius 2 is 1.84 bits per heavy atom. The van der Waals surface area contributed by atoms with E-state index >= 15 is 0 Å². The maximum absolute atomic E-state index is 12.0. The molecule has 2 rings (SSSR count). The molecule has 19 heavy (non-hydrogen) atoms. The molecule has 0 aromatic heterocycles. The molecule has 1 saturated carbocycles. The predicted octanol–water partition coefficient (Wildman–Crippen LogP) is 2.61. The van der Waals surface area contributed by atoms with E-state index in [0.29, 0.717) is 18.0 Å². The zero-order valence-corrected chi connectivity index (χ0v) is 11.1. The molecule has 0 bridgehead atoms. The third kappa shape index (κ3) is 3.56. The molecule has 4 heteroatoms. The number of amides is 1. The fraction of sp³-hybridized carbons (Fsp3) is 0.467. The molecule has 0 atom stereocenters. The van der Waals surface area contributed by atoms with Crippen LogP contribution in [0.1, 0.15) is 52.0 Å². The highest BCUT2D eigenvalue weighted by molar-refractivity contribution is 5.97. The van der Waals surface area contributed by atoms with Crippen LogP contribution in [0.4, 0.5) is 0 Å². The van der Waals surface area contributed by atoms with Crippen molar-refractivity contribution in [3.05, 3.63) is 34.9 Å². The van der Waals surface area contributed by atoms with Gasteiger partial charge < -0.3 is 10.4 Å². The molecule has 0 radical (unpaired) electrons. The molecule has 0 aliphatic heterocycles. The van der Waals surface area contributed by atoms with Crippen LogP contribution in [0.5, 0.6) is 0 Å². The lowest BCUT2D eigenvalue weighted by Crippen LogP contribution is -2.28. The number of nitrogens with one attached hydrogen (secondary N) is 1. The van der Waals surface area contributed by atoms with Crippen molar-refractivity contribution < 1.29 is 14.7 Å². The molecule has 0 heterocycles. The van der Waals surface area contributed by atoms with Crippen LogP contribution in [0.25, 0.3) is 0 Å². The number of benzene rings is 1. The molecule has 1 aliphatic carbocycles. The summed E-state index contributed by atoms with van der Waals surface area (Å²) < 4.78 is 0. The molecule has 1 amide bonds. The van der Waals surface area contributed by atoms with Crippen LogP contribution < -0.4 is 5.32 Å². The van der Waals surface area contributed by atoms with Gasteiger partial charge in [-0.2, -0.15) is 0 Å². The zero-order chi connectivity index (χ0) is 13.8. The summed E-state index contributed by atoms with van der Waals surface area (Å²) in [7, 11) is 0. The minimum absolute atomic E-state index is 0.158. The Morgan fingerprint density at radius 1 is 1.21 bits per heavy atom. The summed E-state index contributed by atoms with van der Waals surface area (Å²) in [6, 6.07) is 4.71. The molecule has 0 saturated heterocycles.